The third-order valence-corrected chi connectivity index (χ3v) is 3.53. The predicted octanol–water partition coefficient (Wildman–Crippen LogP) is 3.20. The quantitative estimate of drug-likeness (QED) is 0.885. The molecule has 0 radical (unpaired) electrons. The third-order valence-electron chi connectivity index (χ3n) is 3.53. The number of nitrogens with two attached hydrogens (primary N) is 1. The number of rotatable bonds is 5. The van der Waals surface area contributed by atoms with Crippen molar-refractivity contribution in [3.63, 3.8) is 0 Å². The van der Waals surface area contributed by atoms with Crippen molar-refractivity contribution < 1.29 is 4.79 Å². The average Bonchev–Trinajstić information content (AvgIpc) is 2.49. The first-order chi connectivity index (χ1) is 10.1. The highest BCUT2D eigenvalue weighted by molar-refractivity contribution is 5.95. The molecule has 2 rings (SSSR count). The van der Waals surface area contributed by atoms with Crippen LogP contribution in [0.5, 0.6) is 0 Å². The number of para-hydroxylation sites is 1. The normalized spacial score (nSPS) is 12.2. The highest BCUT2D eigenvalue weighted by atomic mass is 16.2. The zero-order chi connectivity index (χ0) is 15.2. The van der Waals surface area contributed by atoms with Crippen LogP contribution in [0.2, 0.25) is 0 Å². The molecule has 0 bridgehead atoms. The molecule has 0 aliphatic heterocycles. The lowest BCUT2D eigenvalue weighted by Gasteiger charge is -2.17. The van der Waals surface area contributed by atoms with Crippen molar-refractivity contribution in [2.24, 2.45) is 11.7 Å². The number of carbonyl (C=O) groups excluding carboxylic acids is 1. The predicted molar refractivity (Wildman–Crippen MR) is 87.1 cm³/mol. The highest BCUT2D eigenvalue weighted by Crippen LogP contribution is 2.19. The second kappa shape index (κ2) is 7.04. The van der Waals surface area contributed by atoms with Crippen LogP contribution in [0.15, 0.2) is 54.6 Å². The minimum Gasteiger partial charge on any atom is -0.324 e. The molecule has 3 heteroatoms. The van der Waals surface area contributed by atoms with E-state index in [9.17, 15) is 4.79 Å². The standard InChI is InChI=1S/C18H22N2O/c1-13(2)17(19)18(21)20-16-11-7-6-10-15(16)12-14-8-4-3-5-9-14/h3-11,13,17H,12,19H2,1-2H3,(H,20,21)/t17-/m0/s1. The lowest BCUT2D eigenvalue weighted by Crippen LogP contribution is -2.39. The van der Waals surface area contributed by atoms with Gasteiger partial charge in [0.15, 0.2) is 0 Å². The van der Waals surface area contributed by atoms with Gasteiger partial charge in [-0.25, -0.2) is 0 Å². The fourth-order valence-electron chi connectivity index (χ4n) is 2.13. The van der Waals surface area contributed by atoms with Gasteiger partial charge in [0.1, 0.15) is 0 Å². The second-order valence-corrected chi connectivity index (χ2v) is 5.58. The van der Waals surface area contributed by atoms with Gasteiger partial charge in [-0.1, -0.05) is 62.4 Å². The Morgan fingerprint density at radius 2 is 1.67 bits per heavy atom. The molecule has 21 heavy (non-hydrogen) atoms. The zero-order valence-corrected chi connectivity index (χ0v) is 12.5. The van der Waals surface area contributed by atoms with Crippen LogP contribution in [0.1, 0.15) is 25.0 Å². The molecular weight excluding hydrogens is 260 g/mol. The molecule has 0 unspecified atom stereocenters. The minimum atomic E-state index is -0.491. The van der Waals surface area contributed by atoms with E-state index in [0.29, 0.717) is 0 Å². The van der Waals surface area contributed by atoms with Gasteiger partial charge in [0.25, 0.3) is 0 Å². The maximum atomic E-state index is 12.1. The molecule has 0 fully saturated rings. The van der Waals surface area contributed by atoms with E-state index in [0.717, 1.165) is 17.7 Å². The number of amides is 1. The largest absolute Gasteiger partial charge is 0.324 e. The van der Waals surface area contributed by atoms with E-state index < -0.39 is 6.04 Å². The van der Waals surface area contributed by atoms with Gasteiger partial charge < -0.3 is 11.1 Å². The third kappa shape index (κ3) is 4.17. The summed E-state index contributed by atoms with van der Waals surface area (Å²) >= 11 is 0. The Bertz CT molecular complexity index is 593. The first-order valence-corrected chi connectivity index (χ1v) is 7.26. The number of nitrogens with one attached hydrogen (secondary N) is 1. The Morgan fingerprint density at radius 1 is 1.05 bits per heavy atom. The molecule has 2 aromatic rings. The minimum absolute atomic E-state index is 0.117. The molecule has 2 aromatic carbocycles. The molecular formula is C18H22N2O. The van der Waals surface area contributed by atoms with E-state index in [1.807, 2.05) is 56.3 Å². The second-order valence-electron chi connectivity index (χ2n) is 5.58. The molecule has 0 aliphatic carbocycles. The van der Waals surface area contributed by atoms with Crippen LogP contribution in [0.3, 0.4) is 0 Å². The molecule has 3 N–H and O–H groups in total. The lowest BCUT2D eigenvalue weighted by molar-refractivity contribution is -0.118. The van der Waals surface area contributed by atoms with Crippen LogP contribution in [-0.4, -0.2) is 11.9 Å². The zero-order valence-electron chi connectivity index (χ0n) is 12.5. The SMILES string of the molecule is CC(C)[C@H](N)C(=O)Nc1ccccc1Cc1ccccc1. The molecule has 0 heterocycles. The van der Waals surface area contributed by atoms with Gasteiger partial charge in [-0.15, -0.1) is 0 Å². The van der Waals surface area contributed by atoms with Crippen molar-refractivity contribution in [1.29, 1.82) is 0 Å². The maximum Gasteiger partial charge on any atom is 0.241 e. The Hall–Kier alpha value is -2.13. The van der Waals surface area contributed by atoms with Crippen molar-refractivity contribution in [1.82, 2.24) is 0 Å². The molecule has 3 nitrogen and oxygen atoms in total. The molecule has 1 atom stereocenters. The van der Waals surface area contributed by atoms with E-state index in [-0.39, 0.29) is 11.8 Å². The summed E-state index contributed by atoms with van der Waals surface area (Å²) in [6.45, 7) is 3.89. The Morgan fingerprint density at radius 3 is 2.33 bits per heavy atom. The monoisotopic (exact) mass is 282 g/mol. The van der Waals surface area contributed by atoms with Gasteiger partial charge >= 0.3 is 0 Å². The van der Waals surface area contributed by atoms with Crippen LogP contribution < -0.4 is 11.1 Å². The number of benzene rings is 2. The smallest absolute Gasteiger partial charge is 0.241 e. The van der Waals surface area contributed by atoms with Crippen molar-refractivity contribution >= 4 is 11.6 Å². The fourth-order valence-corrected chi connectivity index (χ4v) is 2.13. The van der Waals surface area contributed by atoms with Crippen LogP contribution >= 0.6 is 0 Å². The molecule has 0 aromatic heterocycles. The van der Waals surface area contributed by atoms with Crippen LogP contribution in [0, 0.1) is 5.92 Å². The van der Waals surface area contributed by atoms with E-state index >= 15 is 0 Å². The summed E-state index contributed by atoms with van der Waals surface area (Å²) in [6, 6.07) is 17.6. The van der Waals surface area contributed by atoms with Crippen molar-refractivity contribution in [2.45, 2.75) is 26.3 Å². The Balaban J connectivity index is 2.16. The van der Waals surface area contributed by atoms with Gasteiger partial charge in [-0.3, -0.25) is 4.79 Å². The Labute approximate surface area is 126 Å². The fraction of sp³-hybridized carbons (Fsp3) is 0.278. The topological polar surface area (TPSA) is 55.1 Å². The summed E-state index contributed by atoms with van der Waals surface area (Å²) < 4.78 is 0. The highest BCUT2D eigenvalue weighted by Gasteiger charge is 2.18. The van der Waals surface area contributed by atoms with E-state index in [1.54, 1.807) is 0 Å². The van der Waals surface area contributed by atoms with Gasteiger partial charge in [0, 0.05) is 5.69 Å². The van der Waals surface area contributed by atoms with Crippen molar-refractivity contribution in [3.05, 3.63) is 65.7 Å². The number of anilines is 1. The first kappa shape index (κ1) is 15.3. The van der Waals surface area contributed by atoms with Crippen LogP contribution in [0.25, 0.3) is 0 Å². The van der Waals surface area contributed by atoms with Crippen LogP contribution in [0.4, 0.5) is 5.69 Å². The van der Waals surface area contributed by atoms with Gasteiger partial charge in [0.2, 0.25) is 5.91 Å². The molecule has 0 saturated heterocycles. The van der Waals surface area contributed by atoms with Crippen molar-refractivity contribution in [3.8, 4) is 0 Å². The summed E-state index contributed by atoms with van der Waals surface area (Å²) in [5, 5.41) is 2.95. The van der Waals surface area contributed by atoms with Crippen molar-refractivity contribution in [2.75, 3.05) is 5.32 Å². The number of carbonyl (C=O) groups is 1. The molecule has 0 saturated carbocycles. The number of hydrogen-bond donors (Lipinski definition) is 2. The first-order valence-electron chi connectivity index (χ1n) is 7.26. The molecule has 0 aliphatic rings. The van der Waals surface area contributed by atoms with Gasteiger partial charge in [-0.2, -0.15) is 0 Å². The molecule has 1 amide bonds. The van der Waals surface area contributed by atoms with Gasteiger partial charge in [-0.05, 0) is 29.5 Å². The Kier molecular flexibility index (Phi) is 5.12. The molecule has 110 valence electrons. The summed E-state index contributed by atoms with van der Waals surface area (Å²) in [5.74, 6) is -0.0169. The van der Waals surface area contributed by atoms with E-state index in [4.69, 9.17) is 5.73 Å². The van der Waals surface area contributed by atoms with E-state index in [2.05, 4.69) is 17.4 Å². The number of hydrogen-bond acceptors (Lipinski definition) is 2. The summed E-state index contributed by atoms with van der Waals surface area (Å²) in [4.78, 5) is 12.1. The summed E-state index contributed by atoms with van der Waals surface area (Å²) in [6.07, 6.45) is 0.786. The summed E-state index contributed by atoms with van der Waals surface area (Å²) in [5.41, 5.74) is 9.04. The van der Waals surface area contributed by atoms with Crippen LogP contribution in [-0.2, 0) is 11.2 Å². The maximum absolute atomic E-state index is 12.1. The molecule has 0 spiro atoms. The average molecular weight is 282 g/mol. The lowest BCUT2D eigenvalue weighted by atomic mass is 10.0. The van der Waals surface area contributed by atoms with E-state index in [1.165, 1.54) is 5.56 Å². The summed E-state index contributed by atoms with van der Waals surface area (Å²) in [7, 11) is 0. The van der Waals surface area contributed by atoms with Gasteiger partial charge in [0.05, 0.1) is 6.04 Å².